The molecule has 1 aliphatic rings. The fourth-order valence-electron chi connectivity index (χ4n) is 3.08. The maximum absolute atomic E-state index is 12.5. The first-order valence-electron chi connectivity index (χ1n) is 8.90. The number of nitrogens with zero attached hydrogens (tertiary/aromatic N) is 2. The summed E-state index contributed by atoms with van der Waals surface area (Å²) in [5.74, 6) is -0.209. The van der Waals surface area contributed by atoms with E-state index in [0.29, 0.717) is 22.1 Å². The summed E-state index contributed by atoms with van der Waals surface area (Å²) in [5.41, 5.74) is 2.45. The maximum Gasteiger partial charge on any atom is 0.331 e. The molecule has 1 aliphatic heterocycles. The Hall–Kier alpha value is -2.73. The highest BCUT2D eigenvalue weighted by molar-refractivity contribution is 6.31. The molecule has 2 aromatic rings. The molecule has 142 valence electrons. The smallest absolute Gasteiger partial charge is 0.331 e. The Morgan fingerprint density at radius 3 is 2.56 bits per heavy atom. The summed E-state index contributed by atoms with van der Waals surface area (Å²) >= 11 is 6.04. The number of halogens is 1. The van der Waals surface area contributed by atoms with Gasteiger partial charge in [0.1, 0.15) is 6.54 Å². The maximum atomic E-state index is 12.5. The van der Waals surface area contributed by atoms with Gasteiger partial charge in [0.2, 0.25) is 5.91 Å². The number of esters is 1. The molecule has 0 aliphatic carbocycles. The van der Waals surface area contributed by atoms with Crippen LogP contribution in [0.3, 0.4) is 0 Å². The van der Waals surface area contributed by atoms with Crippen LogP contribution in [0.15, 0.2) is 42.5 Å². The minimum atomic E-state index is -0.402. The first-order valence-corrected chi connectivity index (χ1v) is 9.28. The number of anilines is 3. The van der Waals surface area contributed by atoms with Crippen molar-refractivity contribution in [1.29, 1.82) is 0 Å². The largest absolute Gasteiger partial charge is 0.423 e. The van der Waals surface area contributed by atoms with Crippen molar-refractivity contribution in [2.24, 2.45) is 0 Å². The van der Waals surface area contributed by atoms with Gasteiger partial charge in [-0.3, -0.25) is 4.79 Å². The predicted molar refractivity (Wildman–Crippen MR) is 108 cm³/mol. The number of amides is 1. The highest BCUT2D eigenvalue weighted by atomic mass is 35.5. The van der Waals surface area contributed by atoms with E-state index in [1.807, 2.05) is 24.3 Å². The molecule has 1 heterocycles. The van der Waals surface area contributed by atoms with Crippen LogP contribution in [-0.4, -0.2) is 38.1 Å². The van der Waals surface area contributed by atoms with Crippen molar-refractivity contribution in [3.63, 3.8) is 0 Å². The molecule has 2 aromatic carbocycles. The van der Waals surface area contributed by atoms with E-state index in [2.05, 4.69) is 24.1 Å². The summed E-state index contributed by atoms with van der Waals surface area (Å²) in [6, 6.07) is 12.7. The van der Waals surface area contributed by atoms with E-state index < -0.39 is 5.97 Å². The molecule has 0 aromatic heterocycles. The zero-order valence-corrected chi connectivity index (χ0v) is 16.1. The van der Waals surface area contributed by atoms with Crippen molar-refractivity contribution in [1.82, 2.24) is 0 Å². The predicted octanol–water partition coefficient (Wildman–Crippen LogP) is 3.55. The molecule has 27 heavy (non-hydrogen) atoms. The van der Waals surface area contributed by atoms with Gasteiger partial charge in [-0.05, 0) is 56.3 Å². The lowest BCUT2D eigenvalue weighted by Gasteiger charge is -2.29. The van der Waals surface area contributed by atoms with Crippen LogP contribution >= 0.6 is 11.6 Å². The molecule has 0 bridgehead atoms. The van der Waals surface area contributed by atoms with Gasteiger partial charge < -0.3 is 19.9 Å². The summed E-state index contributed by atoms with van der Waals surface area (Å²) in [7, 11) is 0. The lowest BCUT2D eigenvalue weighted by atomic mass is 10.2. The van der Waals surface area contributed by atoms with Crippen LogP contribution in [0.4, 0.5) is 17.1 Å². The number of benzene rings is 2. The summed E-state index contributed by atoms with van der Waals surface area (Å²) in [6.45, 7) is 6.09. The van der Waals surface area contributed by atoms with E-state index in [1.54, 1.807) is 23.1 Å². The second-order valence-corrected chi connectivity index (χ2v) is 6.65. The van der Waals surface area contributed by atoms with Crippen LogP contribution in [0, 0.1) is 0 Å². The highest BCUT2D eigenvalue weighted by Gasteiger charge is 2.26. The minimum absolute atomic E-state index is 0.00165. The van der Waals surface area contributed by atoms with E-state index in [-0.39, 0.29) is 19.0 Å². The van der Waals surface area contributed by atoms with Crippen molar-refractivity contribution >= 4 is 40.5 Å². The quantitative estimate of drug-likeness (QED) is 0.606. The highest BCUT2D eigenvalue weighted by Crippen LogP contribution is 2.34. The molecule has 6 nitrogen and oxygen atoms in total. The van der Waals surface area contributed by atoms with Crippen molar-refractivity contribution < 1.29 is 14.3 Å². The monoisotopic (exact) mass is 387 g/mol. The molecule has 0 spiro atoms. The summed E-state index contributed by atoms with van der Waals surface area (Å²) in [5, 5.41) is 3.39. The molecule has 7 heteroatoms. The van der Waals surface area contributed by atoms with E-state index >= 15 is 0 Å². The molecule has 1 N–H and O–H groups in total. The number of fused-ring (bicyclic) bond motifs is 1. The Balaban J connectivity index is 1.68. The van der Waals surface area contributed by atoms with E-state index in [1.165, 1.54) is 0 Å². The lowest BCUT2D eigenvalue weighted by molar-refractivity contribution is -0.133. The van der Waals surface area contributed by atoms with Gasteiger partial charge in [-0.2, -0.15) is 0 Å². The number of hydrogen-bond acceptors (Lipinski definition) is 5. The molecule has 0 radical (unpaired) electrons. The summed E-state index contributed by atoms with van der Waals surface area (Å²) < 4.78 is 5.20. The average molecular weight is 388 g/mol. The first-order chi connectivity index (χ1) is 13.0. The number of carbonyl (C=O) groups excluding carboxylic acids is 2. The first kappa shape index (κ1) is 19.0. The van der Waals surface area contributed by atoms with Gasteiger partial charge >= 0.3 is 5.97 Å². The molecular formula is C20H22ClN3O3. The molecule has 0 unspecified atom stereocenters. The van der Waals surface area contributed by atoms with Gasteiger partial charge in [0.15, 0.2) is 5.75 Å². The van der Waals surface area contributed by atoms with E-state index in [9.17, 15) is 9.59 Å². The van der Waals surface area contributed by atoms with Crippen molar-refractivity contribution in [3.8, 4) is 5.75 Å². The van der Waals surface area contributed by atoms with Crippen LogP contribution < -0.4 is 19.9 Å². The van der Waals surface area contributed by atoms with Gasteiger partial charge in [-0.25, -0.2) is 4.79 Å². The number of rotatable bonds is 6. The Bertz CT molecular complexity index is 835. The third-order valence-electron chi connectivity index (χ3n) is 4.42. The van der Waals surface area contributed by atoms with Crippen LogP contribution in [0.1, 0.15) is 13.8 Å². The third kappa shape index (κ3) is 4.52. The minimum Gasteiger partial charge on any atom is -0.423 e. The number of nitrogens with one attached hydrogen (secondary N) is 1. The second kappa shape index (κ2) is 8.31. The van der Waals surface area contributed by atoms with Crippen LogP contribution in [0.25, 0.3) is 0 Å². The molecule has 0 saturated carbocycles. The average Bonchev–Trinajstić information content (AvgIpc) is 2.64. The number of carbonyl (C=O) groups is 2. The third-order valence-corrected chi connectivity index (χ3v) is 4.65. The molecule has 0 saturated heterocycles. The fourth-order valence-corrected chi connectivity index (χ4v) is 3.25. The summed E-state index contributed by atoms with van der Waals surface area (Å²) in [4.78, 5) is 28.1. The van der Waals surface area contributed by atoms with Gasteiger partial charge in [0.25, 0.3) is 0 Å². The van der Waals surface area contributed by atoms with Crippen LogP contribution in [0.5, 0.6) is 5.75 Å². The number of hydrogen-bond donors (Lipinski definition) is 1. The SMILES string of the molecule is CCN(CC)c1ccc(NC(=O)CN2CC(=O)Oc3ccc(Cl)cc32)cc1. The zero-order chi connectivity index (χ0) is 19.4. The van der Waals surface area contributed by atoms with Gasteiger partial charge in [-0.15, -0.1) is 0 Å². The van der Waals surface area contributed by atoms with Gasteiger partial charge in [0, 0.05) is 29.5 Å². The molecule has 3 rings (SSSR count). The normalized spacial score (nSPS) is 13.0. The van der Waals surface area contributed by atoms with Crippen LogP contribution in [-0.2, 0) is 9.59 Å². The topological polar surface area (TPSA) is 61.9 Å². The molecule has 0 atom stereocenters. The Morgan fingerprint density at radius 1 is 1.19 bits per heavy atom. The molecule has 1 amide bonds. The zero-order valence-electron chi connectivity index (χ0n) is 15.4. The van der Waals surface area contributed by atoms with Gasteiger partial charge in [-0.1, -0.05) is 11.6 Å². The van der Waals surface area contributed by atoms with Crippen LogP contribution in [0.2, 0.25) is 5.02 Å². The van der Waals surface area contributed by atoms with E-state index in [4.69, 9.17) is 16.3 Å². The Morgan fingerprint density at radius 2 is 1.89 bits per heavy atom. The number of ether oxygens (including phenoxy) is 1. The van der Waals surface area contributed by atoms with Crippen molar-refractivity contribution in [2.45, 2.75) is 13.8 Å². The van der Waals surface area contributed by atoms with Crippen molar-refractivity contribution in [3.05, 3.63) is 47.5 Å². The van der Waals surface area contributed by atoms with E-state index in [0.717, 1.165) is 18.8 Å². The second-order valence-electron chi connectivity index (χ2n) is 6.21. The van der Waals surface area contributed by atoms with Crippen molar-refractivity contribution in [2.75, 3.05) is 41.3 Å². The Kier molecular flexibility index (Phi) is 5.86. The Labute approximate surface area is 163 Å². The fraction of sp³-hybridized carbons (Fsp3) is 0.300. The molecular weight excluding hydrogens is 366 g/mol. The summed E-state index contributed by atoms with van der Waals surface area (Å²) in [6.07, 6.45) is 0. The molecule has 0 fully saturated rings. The van der Waals surface area contributed by atoms with Gasteiger partial charge in [0.05, 0.1) is 12.2 Å². The lowest BCUT2D eigenvalue weighted by Crippen LogP contribution is -2.41. The standard InChI is InChI=1S/C20H22ClN3O3/c1-3-23(4-2)16-8-6-15(7-9-16)22-19(25)12-24-13-20(26)27-18-10-5-14(21)11-17(18)24/h5-11H,3-4,12-13H2,1-2H3,(H,22,25).